The van der Waals surface area contributed by atoms with Gasteiger partial charge in [-0.2, -0.15) is 0 Å². The van der Waals surface area contributed by atoms with E-state index in [0.29, 0.717) is 0 Å². The first kappa shape index (κ1) is 17.5. The zero-order valence-electron chi connectivity index (χ0n) is 8.52. The quantitative estimate of drug-likeness (QED) is 0.506. The fourth-order valence-corrected chi connectivity index (χ4v) is 2.51. The Kier molecular flexibility index (Phi) is 11.7. The first-order valence-corrected chi connectivity index (χ1v) is 6.25. The van der Waals surface area contributed by atoms with Gasteiger partial charge in [-0.15, -0.1) is 0 Å². The molecular weight excluding hydrogens is 271 g/mol. The second-order valence-corrected chi connectivity index (χ2v) is 5.91. The number of hydrogen-bond acceptors (Lipinski definition) is 1. The fourth-order valence-electron chi connectivity index (χ4n) is 1.19. The summed E-state index contributed by atoms with van der Waals surface area (Å²) in [5, 5.41) is 0.774. The summed E-state index contributed by atoms with van der Waals surface area (Å²) >= 11 is 4.30. The Morgan fingerprint density at radius 1 is 1.43 bits per heavy atom. The van der Waals surface area contributed by atoms with Crippen molar-refractivity contribution >= 4 is 11.8 Å². The number of hydrogen-bond donors (Lipinski definition) is 0. The molecule has 0 bridgehead atoms. The number of thioether (sulfide) groups is 1. The number of halogens is 2. The van der Waals surface area contributed by atoms with Crippen LogP contribution in [0.25, 0.3) is 0 Å². The maximum Gasteiger partial charge on any atom is -1.00 e. The van der Waals surface area contributed by atoms with E-state index >= 15 is 0 Å². The van der Waals surface area contributed by atoms with E-state index in [1.165, 1.54) is 18.6 Å². The summed E-state index contributed by atoms with van der Waals surface area (Å²) in [7, 11) is 0. The van der Waals surface area contributed by atoms with Gasteiger partial charge in [0.05, 0.1) is 0 Å². The normalized spacial score (nSPS) is 14.4. The molecule has 79 valence electrons. The second kappa shape index (κ2) is 9.36. The summed E-state index contributed by atoms with van der Waals surface area (Å²) in [6, 6.07) is 0. The van der Waals surface area contributed by atoms with Crippen LogP contribution in [-0.4, -0.2) is 11.0 Å². The standard InChI is InChI=1S/C10H15S.2ClH.Ti/c1-9(2)11-8-7-10-5-3-4-6-10;;;/h3,5,9H,4,7-8H2,1-2H3;2*1H;/q;;;+2/p-2. The summed E-state index contributed by atoms with van der Waals surface area (Å²) < 4.78 is 1.57. The smallest absolute Gasteiger partial charge is 1.00 e. The van der Waals surface area contributed by atoms with Crippen molar-refractivity contribution in [3.63, 3.8) is 0 Å². The molecular formula is C10H15Cl2STi. The van der Waals surface area contributed by atoms with Gasteiger partial charge in [0.1, 0.15) is 0 Å². The van der Waals surface area contributed by atoms with Crippen LogP contribution in [-0.2, 0) is 20.4 Å². The summed E-state index contributed by atoms with van der Waals surface area (Å²) in [6.07, 6.45) is 6.99. The van der Waals surface area contributed by atoms with Crippen LogP contribution in [0.1, 0.15) is 26.7 Å². The van der Waals surface area contributed by atoms with Crippen molar-refractivity contribution in [2.75, 3.05) is 5.75 Å². The number of rotatable bonds is 4. The average Bonchev–Trinajstić information content (AvgIpc) is 2.36. The Bertz CT molecular complexity index is 212. The number of allylic oxidation sites excluding steroid dienone is 4. The molecule has 0 saturated carbocycles. The Morgan fingerprint density at radius 3 is 2.50 bits per heavy atom. The van der Waals surface area contributed by atoms with Crippen molar-refractivity contribution in [1.29, 1.82) is 0 Å². The van der Waals surface area contributed by atoms with Gasteiger partial charge < -0.3 is 24.8 Å². The predicted octanol–water partition coefficient (Wildman–Crippen LogP) is -2.71. The summed E-state index contributed by atoms with van der Waals surface area (Å²) in [6.45, 7) is 4.52. The summed E-state index contributed by atoms with van der Waals surface area (Å²) in [5.41, 5.74) is 1.57. The van der Waals surface area contributed by atoms with E-state index in [2.05, 4.69) is 58.2 Å². The molecule has 0 aromatic rings. The zero-order chi connectivity index (χ0) is 8.97. The minimum atomic E-state index is 0. The molecule has 0 N–H and O–H groups in total. The Labute approximate surface area is 116 Å². The molecule has 0 radical (unpaired) electrons. The van der Waals surface area contributed by atoms with E-state index in [0.717, 1.165) is 5.25 Å². The molecule has 0 aromatic heterocycles. The third-order valence-corrected chi connectivity index (χ3v) is 3.78. The van der Waals surface area contributed by atoms with Crippen LogP contribution in [0.2, 0.25) is 0 Å². The maximum absolute atomic E-state index is 2.29. The monoisotopic (exact) mass is 285 g/mol. The minimum Gasteiger partial charge on any atom is -1.00 e. The van der Waals surface area contributed by atoms with E-state index in [1.807, 2.05) is 0 Å². The van der Waals surface area contributed by atoms with Crippen LogP contribution >= 0.6 is 11.8 Å². The summed E-state index contributed by atoms with van der Waals surface area (Å²) in [5.74, 6) is 1.27. The Hall–Kier alpha value is 1.12. The second-order valence-electron chi connectivity index (χ2n) is 3.28. The predicted molar refractivity (Wildman–Crippen MR) is 53.0 cm³/mol. The molecule has 0 aromatic carbocycles. The maximum atomic E-state index is 2.29. The molecule has 0 nitrogen and oxygen atoms in total. The van der Waals surface area contributed by atoms with Gasteiger partial charge in [0.15, 0.2) is 0 Å². The topological polar surface area (TPSA) is 0 Å². The first-order chi connectivity index (χ1) is 5.70. The van der Waals surface area contributed by atoms with E-state index in [4.69, 9.17) is 0 Å². The molecule has 0 heterocycles. The van der Waals surface area contributed by atoms with E-state index in [1.54, 1.807) is 9.45 Å². The van der Waals surface area contributed by atoms with Crippen molar-refractivity contribution in [3.8, 4) is 0 Å². The first-order valence-electron chi connectivity index (χ1n) is 4.42. The van der Waals surface area contributed by atoms with Crippen molar-refractivity contribution in [1.82, 2.24) is 0 Å². The third-order valence-electron chi connectivity index (χ3n) is 1.85. The van der Waals surface area contributed by atoms with Gasteiger partial charge in [0.25, 0.3) is 0 Å². The molecule has 4 heteroatoms. The van der Waals surface area contributed by atoms with E-state index in [9.17, 15) is 0 Å². The van der Waals surface area contributed by atoms with Crippen LogP contribution in [0.5, 0.6) is 0 Å². The van der Waals surface area contributed by atoms with Gasteiger partial charge in [-0.25, -0.2) is 0 Å². The van der Waals surface area contributed by atoms with Crippen LogP contribution in [0.3, 0.4) is 0 Å². The van der Waals surface area contributed by atoms with Gasteiger partial charge in [0.2, 0.25) is 0 Å². The van der Waals surface area contributed by atoms with Gasteiger partial charge >= 0.3 is 91.5 Å². The molecule has 1 rings (SSSR count). The van der Waals surface area contributed by atoms with Gasteiger partial charge in [-0.05, 0) is 0 Å². The van der Waals surface area contributed by atoms with E-state index in [-0.39, 0.29) is 24.8 Å². The molecule has 1 aliphatic carbocycles. The average molecular weight is 286 g/mol. The Morgan fingerprint density at radius 2 is 2.07 bits per heavy atom. The molecule has 0 spiro atoms. The molecule has 0 aliphatic heterocycles. The van der Waals surface area contributed by atoms with Crippen molar-refractivity contribution in [3.05, 3.63) is 21.6 Å². The van der Waals surface area contributed by atoms with Gasteiger partial charge in [0, 0.05) is 0 Å². The molecule has 1 aliphatic rings. The van der Waals surface area contributed by atoms with Crippen molar-refractivity contribution in [2.24, 2.45) is 0 Å². The van der Waals surface area contributed by atoms with Crippen LogP contribution in [0, 0.1) is 0 Å². The molecule has 0 fully saturated rings. The zero-order valence-corrected chi connectivity index (χ0v) is 12.4. The largest absolute Gasteiger partial charge is 1.00 e. The Balaban J connectivity index is 0. The van der Waals surface area contributed by atoms with Gasteiger partial charge in [-0.1, -0.05) is 0 Å². The van der Waals surface area contributed by atoms with Crippen LogP contribution < -0.4 is 24.8 Å². The van der Waals surface area contributed by atoms with Crippen LogP contribution in [0.15, 0.2) is 21.6 Å². The fraction of sp³-hybridized carbons (Fsp3) is 0.600. The minimum absolute atomic E-state index is 0. The molecule has 0 unspecified atom stereocenters. The van der Waals surface area contributed by atoms with Crippen molar-refractivity contribution < 1.29 is 45.2 Å². The van der Waals surface area contributed by atoms with E-state index < -0.39 is 0 Å². The van der Waals surface area contributed by atoms with Crippen molar-refractivity contribution in [2.45, 2.75) is 31.9 Å². The molecule has 0 atom stereocenters. The summed E-state index contributed by atoms with van der Waals surface area (Å²) in [4.78, 5) is 0. The molecule has 0 saturated heterocycles. The van der Waals surface area contributed by atoms with Crippen LogP contribution in [0.4, 0.5) is 0 Å². The van der Waals surface area contributed by atoms with Gasteiger partial charge in [-0.3, -0.25) is 0 Å². The third kappa shape index (κ3) is 6.58. The SMILES string of the molecule is CC(C)SCCC1=[C]([Ti+2])CC=C1.[Cl-].[Cl-]. The molecule has 0 amide bonds. The molecule has 14 heavy (non-hydrogen) atoms.